The first-order chi connectivity index (χ1) is 8.68. The highest BCUT2D eigenvalue weighted by Crippen LogP contribution is 2.33. The molecule has 0 spiro atoms. The largest absolute Gasteiger partial charge is 0.298 e. The number of unbranched alkanes of at least 4 members (excludes halogenated alkanes) is 1. The highest BCUT2D eigenvalue weighted by molar-refractivity contribution is 6.27. The number of nitriles is 1. The van der Waals surface area contributed by atoms with Gasteiger partial charge in [-0.15, -0.1) is 11.6 Å². The molecular weight excluding hydrogens is 246 g/mol. The molecule has 1 atom stereocenters. The molecule has 0 radical (unpaired) electrons. The van der Waals surface area contributed by atoms with Gasteiger partial charge >= 0.3 is 0 Å². The quantitative estimate of drug-likeness (QED) is 0.702. The van der Waals surface area contributed by atoms with E-state index in [1.165, 1.54) is 0 Å². The smallest absolute Gasteiger partial charge is 0.149 e. The van der Waals surface area contributed by atoms with Crippen LogP contribution in [0.4, 0.5) is 0 Å². The average Bonchev–Trinajstić information content (AvgIpc) is 2.44. The van der Waals surface area contributed by atoms with E-state index in [1.807, 2.05) is 30.3 Å². The number of carbonyl (C=O) groups excluding carboxylic acids is 1. The summed E-state index contributed by atoms with van der Waals surface area (Å²) < 4.78 is 0. The van der Waals surface area contributed by atoms with Crippen LogP contribution in [0.2, 0.25) is 0 Å². The molecule has 1 aromatic carbocycles. The lowest BCUT2D eigenvalue weighted by molar-refractivity contribution is -0.117. The fourth-order valence-electron chi connectivity index (χ4n) is 2.11. The Kier molecular flexibility index (Phi) is 5.88. The second kappa shape index (κ2) is 7.18. The first kappa shape index (κ1) is 14.7. The number of nitrogens with zero attached hydrogens (tertiary/aromatic N) is 1. The topological polar surface area (TPSA) is 40.9 Å². The summed E-state index contributed by atoms with van der Waals surface area (Å²) in [6, 6.07) is 11.9. The van der Waals surface area contributed by atoms with E-state index >= 15 is 0 Å². The summed E-state index contributed by atoms with van der Waals surface area (Å²) in [5.41, 5.74) is 0.197. The molecule has 2 nitrogen and oxygen atoms in total. The zero-order chi connectivity index (χ0) is 13.4. The zero-order valence-electron chi connectivity index (χ0n) is 10.7. The Morgan fingerprint density at radius 3 is 2.56 bits per heavy atom. The fraction of sp³-hybridized carbons (Fsp3) is 0.467. The minimum Gasteiger partial charge on any atom is -0.298 e. The van der Waals surface area contributed by atoms with Crippen molar-refractivity contribution in [1.29, 1.82) is 5.26 Å². The lowest BCUT2D eigenvalue weighted by Crippen LogP contribution is -2.28. The molecule has 0 aliphatic rings. The summed E-state index contributed by atoms with van der Waals surface area (Å²) in [5.74, 6) is -0.0965. The van der Waals surface area contributed by atoms with E-state index in [2.05, 4.69) is 13.0 Å². The highest BCUT2D eigenvalue weighted by atomic mass is 35.5. The molecule has 1 rings (SSSR count). The maximum absolute atomic E-state index is 11.6. The third-order valence-corrected chi connectivity index (χ3v) is 3.44. The summed E-state index contributed by atoms with van der Waals surface area (Å²) in [7, 11) is 0. The maximum atomic E-state index is 11.6. The maximum Gasteiger partial charge on any atom is 0.149 e. The van der Waals surface area contributed by atoms with Gasteiger partial charge in [0.05, 0.1) is 17.4 Å². The predicted octanol–water partition coefficient (Wildman–Crippen LogP) is 3.84. The van der Waals surface area contributed by atoms with Crippen LogP contribution in [0.1, 0.15) is 38.2 Å². The molecule has 0 saturated carbocycles. The van der Waals surface area contributed by atoms with Gasteiger partial charge in [0.25, 0.3) is 0 Å². The number of Topliss-reactive ketones (excluding diaryl/α,β-unsaturated/α-hetero) is 1. The fourth-order valence-corrected chi connectivity index (χ4v) is 2.21. The van der Waals surface area contributed by atoms with Gasteiger partial charge in [-0.2, -0.15) is 5.26 Å². The number of halogens is 1. The average molecular weight is 264 g/mol. The summed E-state index contributed by atoms with van der Waals surface area (Å²) in [5, 5.41) is 9.56. The molecular formula is C15H18ClNO. The molecule has 1 aromatic rings. The van der Waals surface area contributed by atoms with E-state index in [0.717, 1.165) is 18.4 Å². The number of benzene rings is 1. The van der Waals surface area contributed by atoms with Gasteiger partial charge in [-0.3, -0.25) is 4.79 Å². The van der Waals surface area contributed by atoms with Crippen LogP contribution >= 0.6 is 11.6 Å². The molecule has 0 aliphatic carbocycles. The van der Waals surface area contributed by atoms with Crippen molar-refractivity contribution in [3.05, 3.63) is 35.9 Å². The SMILES string of the molecule is CCCCC(C#N)(CC(=O)CCl)c1ccccc1. The van der Waals surface area contributed by atoms with Gasteiger partial charge in [-0.25, -0.2) is 0 Å². The molecule has 1 unspecified atom stereocenters. The molecule has 0 amide bonds. The number of hydrogen-bond acceptors (Lipinski definition) is 2. The molecule has 0 saturated heterocycles. The van der Waals surface area contributed by atoms with Crippen molar-refractivity contribution in [3.8, 4) is 6.07 Å². The number of alkyl halides is 1. The number of ketones is 1. The zero-order valence-corrected chi connectivity index (χ0v) is 11.4. The molecule has 0 aromatic heterocycles. The lowest BCUT2D eigenvalue weighted by Gasteiger charge is -2.26. The van der Waals surface area contributed by atoms with Crippen molar-refractivity contribution in [2.75, 3.05) is 5.88 Å². The summed E-state index contributed by atoms with van der Waals surface area (Å²) in [6.07, 6.45) is 2.84. The van der Waals surface area contributed by atoms with E-state index < -0.39 is 5.41 Å². The van der Waals surface area contributed by atoms with Gasteiger partial charge in [0.2, 0.25) is 0 Å². The van der Waals surface area contributed by atoms with Crippen molar-refractivity contribution in [2.45, 2.75) is 38.0 Å². The van der Waals surface area contributed by atoms with Crippen molar-refractivity contribution in [1.82, 2.24) is 0 Å². The Morgan fingerprint density at radius 2 is 2.06 bits per heavy atom. The van der Waals surface area contributed by atoms with Gasteiger partial charge < -0.3 is 0 Å². The first-order valence-corrected chi connectivity index (χ1v) is 6.76. The Labute approximate surface area is 114 Å². The highest BCUT2D eigenvalue weighted by Gasteiger charge is 2.33. The molecule has 3 heteroatoms. The summed E-state index contributed by atoms with van der Waals surface area (Å²) >= 11 is 5.58. The minimum atomic E-state index is -0.719. The Hall–Kier alpha value is -1.33. The van der Waals surface area contributed by atoms with Crippen LogP contribution in [0.15, 0.2) is 30.3 Å². The Balaban J connectivity index is 3.06. The minimum absolute atomic E-state index is 0.0254. The van der Waals surface area contributed by atoms with Gasteiger partial charge in [-0.1, -0.05) is 50.1 Å². The van der Waals surface area contributed by atoms with Gasteiger partial charge in [0.15, 0.2) is 0 Å². The van der Waals surface area contributed by atoms with E-state index in [4.69, 9.17) is 11.6 Å². The molecule has 18 heavy (non-hydrogen) atoms. The standard InChI is InChI=1S/C15H18ClNO/c1-2-3-9-15(12-17,10-14(18)11-16)13-7-5-4-6-8-13/h4-8H,2-3,9-11H2,1H3. The number of hydrogen-bond donors (Lipinski definition) is 0. The monoisotopic (exact) mass is 263 g/mol. The third kappa shape index (κ3) is 3.58. The molecule has 0 aliphatic heterocycles. The molecule has 0 bridgehead atoms. The van der Waals surface area contributed by atoms with Gasteiger partial charge in [0, 0.05) is 6.42 Å². The third-order valence-electron chi connectivity index (χ3n) is 3.15. The van der Waals surface area contributed by atoms with E-state index in [-0.39, 0.29) is 18.1 Å². The number of carbonyl (C=O) groups is 1. The second-order valence-electron chi connectivity index (χ2n) is 4.51. The van der Waals surface area contributed by atoms with Crippen molar-refractivity contribution < 1.29 is 4.79 Å². The Morgan fingerprint density at radius 1 is 1.39 bits per heavy atom. The van der Waals surface area contributed by atoms with Gasteiger partial charge in [-0.05, 0) is 12.0 Å². The van der Waals surface area contributed by atoms with Crippen LogP contribution in [-0.2, 0) is 10.2 Å². The normalized spacial score (nSPS) is 13.6. The molecule has 0 N–H and O–H groups in total. The second-order valence-corrected chi connectivity index (χ2v) is 4.78. The van der Waals surface area contributed by atoms with E-state index in [9.17, 15) is 10.1 Å². The van der Waals surface area contributed by atoms with Crippen molar-refractivity contribution in [2.24, 2.45) is 0 Å². The summed E-state index contributed by atoms with van der Waals surface area (Å²) in [6.45, 7) is 2.08. The summed E-state index contributed by atoms with van der Waals surface area (Å²) in [4.78, 5) is 11.6. The first-order valence-electron chi connectivity index (χ1n) is 6.23. The molecule has 0 heterocycles. The van der Waals surface area contributed by atoms with E-state index in [1.54, 1.807) is 0 Å². The van der Waals surface area contributed by atoms with Crippen LogP contribution in [0.3, 0.4) is 0 Å². The predicted molar refractivity (Wildman–Crippen MR) is 73.6 cm³/mol. The van der Waals surface area contributed by atoms with Crippen LogP contribution in [0, 0.1) is 11.3 Å². The van der Waals surface area contributed by atoms with Crippen molar-refractivity contribution in [3.63, 3.8) is 0 Å². The number of rotatable bonds is 7. The van der Waals surface area contributed by atoms with Crippen molar-refractivity contribution >= 4 is 17.4 Å². The molecule has 0 fully saturated rings. The van der Waals surface area contributed by atoms with Crippen LogP contribution in [-0.4, -0.2) is 11.7 Å². The van der Waals surface area contributed by atoms with E-state index in [0.29, 0.717) is 6.42 Å². The molecule has 96 valence electrons. The Bertz CT molecular complexity index is 424. The van der Waals surface area contributed by atoms with Crippen LogP contribution in [0.5, 0.6) is 0 Å². The van der Waals surface area contributed by atoms with Crippen LogP contribution < -0.4 is 0 Å². The lowest BCUT2D eigenvalue weighted by atomic mass is 9.74. The van der Waals surface area contributed by atoms with Crippen LogP contribution in [0.25, 0.3) is 0 Å². The van der Waals surface area contributed by atoms with Gasteiger partial charge in [0.1, 0.15) is 5.78 Å².